The predicted molar refractivity (Wildman–Crippen MR) is 96.0 cm³/mol. The van der Waals surface area contributed by atoms with E-state index in [1.54, 1.807) is 6.92 Å². The van der Waals surface area contributed by atoms with Crippen LogP contribution in [0, 0.1) is 16.0 Å². The van der Waals surface area contributed by atoms with Gasteiger partial charge in [0, 0.05) is 12.6 Å². The lowest BCUT2D eigenvalue weighted by molar-refractivity contribution is -0.385. The first kappa shape index (κ1) is 21.0. The van der Waals surface area contributed by atoms with Crippen LogP contribution in [0.3, 0.4) is 0 Å². The maximum absolute atomic E-state index is 12.4. The van der Waals surface area contributed by atoms with Gasteiger partial charge < -0.3 is 20.1 Å². The smallest absolute Gasteiger partial charge is 0.286 e. The van der Waals surface area contributed by atoms with E-state index in [2.05, 4.69) is 10.6 Å². The minimum absolute atomic E-state index is 0. The number of nitro benzene ring substituents is 1. The first-order valence-corrected chi connectivity index (χ1v) is 8.05. The summed E-state index contributed by atoms with van der Waals surface area (Å²) in [4.78, 5) is 23.1. The number of nitro groups is 1. The largest absolute Gasteiger partial charge is 0.493 e. The fraction of sp³-hybridized carbons (Fsp3) is 0.562. The molecule has 1 saturated heterocycles. The lowest BCUT2D eigenvalue weighted by Gasteiger charge is -2.22. The van der Waals surface area contributed by atoms with E-state index >= 15 is 0 Å². The van der Waals surface area contributed by atoms with E-state index in [9.17, 15) is 14.9 Å². The number of methoxy groups -OCH3 is 1. The summed E-state index contributed by atoms with van der Waals surface area (Å²) in [5.74, 6) is 0.411. The number of carbonyl (C=O) groups excluding carboxylic acids is 1. The Morgan fingerprint density at radius 1 is 1.44 bits per heavy atom. The monoisotopic (exact) mass is 373 g/mol. The van der Waals surface area contributed by atoms with E-state index in [-0.39, 0.29) is 29.4 Å². The highest BCUT2D eigenvalue weighted by Crippen LogP contribution is 2.34. The average molecular weight is 374 g/mol. The fourth-order valence-corrected chi connectivity index (χ4v) is 2.74. The summed E-state index contributed by atoms with van der Waals surface area (Å²) in [5, 5.41) is 17.4. The summed E-state index contributed by atoms with van der Waals surface area (Å²) in [7, 11) is 1.40. The summed E-state index contributed by atoms with van der Waals surface area (Å²) in [6, 6.07) is 2.59. The quantitative estimate of drug-likeness (QED) is 0.560. The second kappa shape index (κ2) is 10.0. The third kappa shape index (κ3) is 5.47. The van der Waals surface area contributed by atoms with Crippen molar-refractivity contribution in [2.45, 2.75) is 19.8 Å². The van der Waals surface area contributed by atoms with Crippen LogP contribution in [0.2, 0.25) is 0 Å². The SMILES string of the molecule is CCOc1cc(C(=O)NCC2CCCNC2)c([N+](=O)[O-])cc1OC.Cl. The third-order valence-corrected chi connectivity index (χ3v) is 3.97. The molecule has 2 rings (SSSR count). The molecular weight excluding hydrogens is 350 g/mol. The van der Waals surface area contributed by atoms with Crippen LogP contribution >= 0.6 is 12.4 Å². The number of carbonyl (C=O) groups is 1. The molecule has 8 nitrogen and oxygen atoms in total. The van der Waals surface area contributed by atoms with Gasteiger partial charge in [0.1, 0.15) is 5.56 Å². The van der Waals surface area contributed by atoms with Crippen molar-refractivity contribution in [1.29, 1.82) is 0 Å². The van der Waals surface area contributed by atoms with Gasteiger partial charge in [0.05, 0.1) is 24.7 Å². The molecule has 0 bridgehead atoms. The molecule has 0 aliphatic carbocycles. The van der Waals surface area contributed by atoms with Gasteiger partial charge in [-0.25, -0.2) is 0 Å². The zero-order chi connectivity index (χ0) is 17.5. The van der Waals surface area contributed by atoms with Crippen LogP contribution in [0.25, 0.3) is 0 Å². The first-order chi connectivity index (χ1) is 11.6. The molecule has 1 atom stereocenters. The van der Waals surface area contributed by atoms with Crippen LogP contribution in [0.4, 0.5) is 5.69 Å². The van der Waals surface area contributed by atoms with E-state index in [0.29, 0.717) is 24.8 Å². The number of piperidine rings is 1. The Kier molecular flexibility index (Phi) is 8.44. The van der Waals surface area contributed by atoms with Crippen LogP contribution in [-0.4, -0.2) is 44.2 Å². The van der Waals surface area contributed by atoms with E-state index in [1.165, 1.54) is 19.2 Å². The molecule has 1 heterocycles. The summed E-state index contributed by atoms with van der Waals surface area (Å²) in [6.45, 7) is 4.47. The van der Waals surface area contributed by atoms with Crippen LogP contribution in [0.1, 0.15) is 30.1 Å². The normalized spacial score (nSPS) is 16.5. The standard InChI is InChI=1S/C16H23N3O5.ClH/c1-3-24-15-7-12(13(19(21)22)8-14(15)23-2)16(20)18-10-11-5-4-6-17-9-11;/h7-8,11,17H,3-6,9-10H2,1-2H3,(H,18,20);1H. The molecule has 0 aromatic heterocycles. The summed E-state index contributed by atoms with van der Waals surface area (Å²) in [5.41, 5.74) is -0.317. The second-order valence-corrected chi connectivity index (χ2v) is 5.63. The minimum Gasteiger partial charge on any atom is -0.493 e. The molecule has 9 heteroatoms. The summed E-state index contributed by atoms with van der Waals surface area (Å²) >= 11 is 0. The second-order valence-electron chi connectivity index (χ2n) is 5.63. The van der Waals surface area contributed by atoms with Gasteiger partial charge >= 0.3 is 0 Å². The Labute approximate surface area is 152 Å². The van der Waals surface area contributed by atoms with Gasteiger partial charge in [0.25, 0.3) is 11.6 Å². The zero-order valence-corrected chi connectivity index (χ0v) is 15.2. The Balaban J connectivity index is 0.00000312. The minimum atomic E-state index is -0.588. The van der Waals surface area contributed by atoms with Gasteiger partial charge in [0.2, 0.25) is 0 Å². The molecule has 1 unspecified atom stereocenters. The predicted octanol–water partition coefficient (Wildman–Crippen LogP) is 2.15. The first-order valence-electron chi connectivity index (χ1n) is 8.05. The maximum Gasteiger partial charge on any atom is 0.286 e. The molecule has 0 saturated carbocycles. The number of ether oxygens (including phenoxy) is 2. The number of hydrogen-bond acceptors (Lipinski definition) is 6. The average Bonchev–Trinajstić information content (AvgIpc) is 2.60. The van der Waals surface area contributed by atoms with Gasteiger partial charge in [-0.2, -0.15) is 0 Å². The van der Waals surface area contributed by atoms with Gasteiger partial charge in [-0.3, -0.25) is 14.9 Å². The highest BCUT2D eigenvalue weighted by Gasteiger charge is 2.25. The van der Waals surface area contributed by atoms with Crippen LogP contribution in [-0.2, 0) is 0 Å². The fourth-order valence-electron chi connectivity index (χ4n) is 2.74. The maximum atomic E-state index is 12.4. The van der Waals surface area contributed by atoms with Crippen LogP contribution < -0.4 is 20.1 Å². The van der Waals surface area contributed by atoms with Crippen molar-refractivity contribution >= 4 is 24.0 Å². The zero-order valence-electron chi connectivity index (χ0n) is 14.4. The molecule has 140 valence electrons. The Morgan fingerprint density at radius 2 is 2.20 bits per heavy atom. The number of rotatable bonds is 7. The molecule has 1 amide bonds. The van der Waals surface area contributed by atoms with Crippen LogP contribution in [0.5, 0.6) is 11.5 Å². The Morgan fingerprint density at radius 3 is 2.76 bits per heavy atom. The van der Waals surface area contributed by atoms with Gasteiger partial charge in [-0.1, -0.05) is 0 Å². The van der Waals surface area contributed by atoms with Crippen molar-refractivity contribution in [1.82, 2.24) is 10.6 Å². The van der Waals surface area contributed by atoms with Crippen molar-refractivity contribution in [3.63, 3.8) is 0 Å². The van der Waals surface area contributed by atoms with Gasteiger partial charge in [0.15, 0.2) is 11.5 Å². The Bertz CT molecular complexity index is 606. The van der Waals surface area contributed by atoms with Crippen LogP contribution in [0.15, 0.2) is 12.1 Å². The summed E-state index contributed by atoms with van der Waals surface area (Å²) in [6.07, 6.45) is 2.10. The number of nitrogens with zero attached hydrogens (tertiary/aromatic N) is 1. The lowest BCUT2D eigenvalue weighted by atomic mass is 9.99. The molecule has 1 aliphatic heterocycles. The summed E-state index contributed by atoms with van der Waals surface area (Å²) < 4.78 is 10.5. The number of hydrogen-bond donors (Lipinski definition) is 2. The van der Waals surface area contributed by atoms with E-state index in [1.807, 2.05) is 0 Å². The Hall–Kier alpha value is -2.06. The van der Waals surface area contributed by atoms with Crippen molar-refractivity contribution < 1.29 is 19.2 Å². The topological polar surface area (TPSA) is 103 Å². The molecular formula is C16H24ClN3O5. The molecule has 1 fully saturated rings. The van der Waals surface area contributed by atoms with Gasteiger partial charge in [-0.05, 0) is 38.8 Å². The van der Waals surface area contributed by atoms with Crippen molar-refractivity contribution in [3.8, 4) is 11.5 Å². The highest BCUT2D eigenvalue weighted by atomic mass is 35.5. The number of nitrogens with one attached hydrogen (secondary N) is 2. The molecule has 25 heavy (non-hydrogen) atoms. The molecule has 0 spiro atoms. The van der Waals surface area contributed by atoms with E-state index in [0.717, 1.165) is 25.9 Å². The molecule has 1 aromatic carbocycles. The van der Waals surface area contributed by atoms with Crippen molar-refractivity contribution in [3.05, 3.63) is 27.8 Å². The van der Waals surface area contributed by atoms with Crippen molar-refractivity contribution in [2.24, 2.45) is 5.92 Å². The number of halogens is 1. The van der Waals surface area contributed by atoms with E-state index in [4.69, 9.17) is 9.47 Å². The molecule has 1 aromatic rings. The highest BCUT2D eigenvalue weighted by molar-refractivity contribution is 5.99. The van der Waals surface area contributed by atoms with Gasteiger partial charge in [-0.15, -0.1) is 12.4 Å². The number of amides is 1. The number of benzene rings is 1. The van der Waals surface area contributed by atoms with E-state index < -0.39 is 10.8 Å². The molecule has 1 aliphatic rings. The molecule has 0 radical (unpaired) electrons. The third-order valence-electron chi connectivity index (χ3n) is 3.97. The molecule has 2 N–H and O–H groups in total. The lowest BCUT2D eigenvalue weighted by Crippen LogP contribution is -2.38. The van der Waals surface area contributed by atoms with Crippen molar-refractivity contribution in [2.75, 3.05) is 33.4 Å².